The van der Waals surface area contributed by atoms with E-state index in [9.17, 15) is 9.59 Å². The van der Waals surface area contributed by atoms with Crippen LogP contribution in [0.5, 0.6) is 0 Å². The number of piperazine rings is 1. The fourth-order valence-corrected chi connectivity index (χ4v) is 2.50. The lowest BCUT2D eigenvalue weighted by Crippen LogP contribution is -2.55. The largest absolute Gasteiger partial charge is 0.480 e. The van der Waals surface area contributed by atoms with Crippen molar-refractivity contribution in [2.45, 2.75) is 45.7 Å². The van der Waals surface area contributed by atoms with E-state index in [0.717, 1.165) is 39.1 Å². The minimum atomic E-state index is -0.887. The molecule has 1 saturated heterocycles. The van der Waals surface area contributed by atoms with Crippen LogP contribution in [0.4, 0.5) is 0 Å². The maximum absolute atomic E-state index is 12.3. The molecule has 2 N–H and O–H groups in total. The van der Waals surface area contributed by atoms with Crippen LogP contribution in [-0.4, -0.2) is 71.6 Å². The minimum absolute atomic E-state index is 0.00288. The first kappa shape index (κ1) is 16.9. The van der Waals surface area contributed by atoms with Crippen LogP contribution in [0, 0.1) is 0 Å². The van der Waals surface area contributed by atoms with Crippen LogP contribution < -0.4 is 5.32 Å². The molecule has 6 heteroatoms. The zero-order chi connectivity index (χ0) is 15.1. The Balaban J connectivity index is 2.48. The van der Waals surface area contributed by atoms with Gasteiger partial charge in [-0.15, -0.1) is 0 Å². The van der Waals surface area contributed by atoms with Crippen LogP contribution in [0.3, 0.4) is 0 Å². The van der Waals surface area contributed by atoms with Gasteiger partial charge in [0.25, 0.3) is 0 Å². The molecule has 0 bridgehead atoms. The summed E-state index contributed by atoms with van der Waals surface area (Å²) in [6, 6.07) is -1.09. The lowest BCUT2D eigenvalue weighted by Gasteiger charge is -2.35. The van der Waals surface area contributed by atoms with Gasteiger partial charge in [-0.1, -0.05) is 20.3 Å². The highest BCUT2D eigenvalue weighted by Crippen LogP contribution is 2.05. The SMILES string of the molecule is CCCC(NC(C)C(=O)N1CCN(CC)CC1)C(=O)O. The van der Waals surface area contributed by atoms with Crippen molar-refractivity contribution in [1.82, 2.24) is 15.1 Å². The predicted octanol–water partition coefficient (Wildman–Crippen LogP) is 0.382. The van der Waals surface area contributed by atoms with E-state index in [4.69, 9.17) is 5.11 Å². The zero-order valence-electron chi connectivity index (χ0n) is 12.8. The normalized spacial score (nSPS) is 19.6. The Bertz CT molecular complexity index is 328. The second-order valence-corrected chi connectivity index (χ2v) is 5.33. The molecule has 2 unspecified atom stereocenters. The van der Waals surface area contributed by atoms with Gasteiger partial charge in [-0.2, -0.15) is 0 Å². The van der Waals surface area contributed by atoms with Gasteiger partial charge in [0, 0.05) is 26.2 Å². The molecule has 1 rings (SSSR count). The van der Waals surface area contributed by atoms with Crippen molar-refractivity contribution in [3.63, 3.8) is 0 Å². The van der Waals surface area contributed by atoms with E-state index in [-0.39, 0.29) is 5.91 Å². The maximum Gasteiger partial charge on any atom is 0.320 e. The van der Waals surface area contributed by atoms with Gasteiger partial charge in [-0.05, 0) is 19.9 Å². The van der Waals surface area contributed by atoms with Gasteiger partial charge < -0.3 is 14.9 Å². The molecular formula is C14H27N3O3. The number of amides is 1. The summed E-state index contributed by atoms with van der Waals surface area (Å²) in [5.74, 6) is -0.884. The molecule has 1 fully saturated rings. The predicted molar refractivity (Wildman–Crippen MR) is 77.6 cm³/mol. The first-order chi connectivity index (χ1) is 9.49. The molecule has 2 atom stereocenters. The number of carbonyl (C=O) groups excluding carboxylic acids is 1. The Morgan fingerprint density at radius 3 is 2.25 bits per heavy atom. The topological polar surface area (TPSA) is 72.9 Å². The fourth-order valence-electron chi connectivity index (χ4n) is 2.50. The van der Waals surface area contributed by atoms with E-state index in [1.807, 2.05) is 11.8 Å². The van der Waals surface area contributed by atoms with Crippen LogP contribution in [0.1, 0.15) is 33.6 Å². The van der Waals surface area contributed by atoms with E-state index < -0.39 is 18.1 Å². The Hall–Kier alpha value is -1.14. The van der Waals surface area contributed by atoms with Gasteiger partial charge in [0.15, 0.2) is 0 Å². The van der Waals surface area contributed by atoms with Crippen molar-refractivity contribution in [3.8, 4) is 0 Å². The Kier molecular flexibility index (Phi) is 6.95. The molecular weight excluding hydrogens is 258 g/mol. The quantitative estimate of drug-likeness (QED) is 0.707. The van der Waals surface area contributed by atoms with Crippen LogP contribution >= 0.6 is 0 Å². The molecule has 20 heavy (non-hydrogen) atoms. The number of likely N-dealkylation sites (N-methyl/N-ethyl adjacent to an activating group) is 1. The number of carbonyl (C=O) groups is 2. The number of hydrogen-bond acceptors (Lipinski definition) is 4. The first-order valence-electron chi connectivity index (χ1n) is 7.49. The summed E-state index contributed by atoms with van der Waals surface area (Å²) in [5, 5.41) is 12.1. The molecule has 0 spiro atoms. The standard InChI is InChI=1S/C14H27N3O3/c1-4-6-12(14(19)20)15-11(3)13(18)17-9-7-16(5-2)8-10-17/h11-12,15H,4-10H2,1-3H3,(H,19,20). The number of carboxylic acid groups (broad SMARTS) is 1. The summed E-state index contributed by atoms with van der Waals surface area (Å²) in [6.07, 6.45) is 1.32. The van der Waals surface area contributed by atoms with Crippen LogP contribution in [0.15, 0.2) is 0 Å². The van der Waals surface area contributed by atoms with E-state index in [1.165, 1.54) is 0 Å². The molecule has 1 aliphatic heterocycles. The van der Waals surface area contributed by atoms with Gasteiger partial charge in [0.1, 0.15) is 6.04 Å². The maximum atomic E-state index is 12.3. The Labute approximate surface area is 121 Å². The van der Waals surface area contributed by atoms with Crippen LogP contribution in [-0.2, 0) is 9.59 Å². The highest BCUT2D eigenvalue weighted by Gasteiger charge is 2.27. The molecule has 0 aromatic carbocycles. The number of rotatable bonds is 7. The smallest absolute Gasteiger partial charge is 0.320 e. The summed E-state index contributed by atoms with van der Waals surface area (Å²) < 4.78 is 0. The number of nitrogens with one attached hydrogen (secondary N) is 1. The lowest BCUT2D eigenvalue weighted by molar-refractivity contribution is -0.141. The third-order valence-electron chi connectivity index (χ3n) is 3.83. The molecule has 6 nitrogen and oxygen atoms in total. The molecule has 1 aliphatic rings. The lowest BCUT2D eigenvalue weighted by atomic mass is 10.1. The van der Waals surface area contributed by atoms with Gasteiger partial charge in [-0.3, -0.25) is 14.9 Å². The van der Waals surface area contributed by atoms with Crippen LogP contribution in [0.25, 0.3) is 0 Å². The van der Waals surface area contributed by atoms with Gasteiger partial charge in [-0.25, -0.2) is 0 Å². The van der Waals surface area contributed by atoms with E-state index in [1.54, 1.807) is 6.92 Å². The molecule has 0 aliphatic carbocycles. The summed E-state index contributed by atoms with van der Waals surface area (Å²) in [7, 11) is 0. The second kappa shape index (κ2) is 8.21. The van der Waals surface area contributed by atoms with Crippen molar-refractivity contribution in [2.24, 2.45) is 0 Å². The minimum Gasteiger partial charge on any atom is -0.480 e. The highest BCUT2D eigenvalue weighted by molar-refractivity contribution is 5.83. The Morgan fingerprint density at radius 1 is 1.20 bits per heavy atom. The second-order valence-electron chi connectivity index (χ2n) is 5.33. The van der Waals surface area contributed by atoms with Crippen molar-refractivity contribution in [3.05, 3.63) is 0 Å². The molecule has 116 valence electrons. The van der Waals surface area contributed by atoms with Gasteiger partial charge >= 0.3 is 5.97 Å². The number of carboxylic acids is 1. The summed E-state index contributed by atoms with van der Waals surface area (Å²) in [4.78, 5) is 27.6. The highest BCUT2D eigenvalue weighted by atomic mass is 16.4. The van der Waals surface area contributed by atoms with Crippen molar-refractivity contribution >= 4 is 11.9 Å². The fraction of sp³-hybridized carbons (Fsp3) is 0.857. The van der Waals surface area contributed by atoms with Gasteiger partial charge in [0.2, 0.25) is 5.91 Å². The third-order valence-corrected chi connectivity index (χ3v) is 3.83. The molecule has 0 aromatic heterocycles. The van der Waals surface area contributed by atoms with E-state index >= 15 is 0 Å². The summed E-state index contributed by atoms with van der Waals surface area (Å²) >= 11 is 0. The molecule has 0 saturated carbocycles. The number of nitrogens with zero attached hydrogens (tertiary/aromatic N) is 2. The summed E-state index contributed by atoms with van der Waals surface area (Å²) in [6.45, 7) is 10.1. The molecule has 0 aromatic rings. The van der Waals surface area contributed by atoms with Crippen molar-refractivity contribution in [1.29, 1.82) is 0 Å². The number of hydrogen-bond donors (Lipinski definition) is 2. The van der Waals surface area contributed by atoms with Crippen molar-refractivity contribution in [2.75, 3.05) is 32.7 Å². The summed E-state index contributed by atoms with van der Waals surface area (Å²) in [5.41, 5.74) is 0. The average molecular weight is 285 g/mol. The van der Waals surface area contributed by atoms with Crippen LogP contribution in [0.2, 0.25) is 0 Å². The van der Waals surface area contributed by atoms with E-state index in [0.29, 0.717) is 6.42 Å². The van der Waals surface area contributed by atoms with E-state index in [2.05, 4.69) is 17.1 Å². The van der Waals surface area contributed by atoms with Crippen molar-refractivity contribution < 1.29 is 14.7 Å². The Morgan fingerprint density at radius 2 is 1.80 bits per heavy atom. The number of aliphatic carboxylic acids is 1. The zero-order valence-corrected chi connectivity index (χ0v) is 12.8. The van der Waals surface area contributed by atoms with Gasteiger partial charge in [0.05, 0.1) is 6.04 Å². The molecule has 1 heterocycles. The monoisotopic (exact) mass is 285 g/mol. The average Bonchev–Trinajstić information content (AvgIpc) is 2.45. The molecule has 0 radical (unpaired) electrons. The molecule has 1 amide bonds. The first-order valence-corrected chi connectivity index (χ1v) is 7.49. The third kappa shape index (κ3) is 4.76.